The van der Waals surface area contributed by atoms with E-state index in [1.165, 1.54) is 0 Å². The standard InChI is InChI=1S/C28H29N3O4/c1-14(2)24(27-29-21-9-7-8-10-22(21)31(27)6)30-23(32)12-20-16(4)19-11-18-15(3)13-34-25(18)17(5)26(19)35-28(20)33/h7-11,13-14,24H,12H2,1-6H3,(H,30,32). The molecule has 3 aromatic heterocycles. The third-order valence-corrected chi connectivity index (χ3v) is 6.96. The van der Waals surface area contributed by atoms with Gasteiger partial charge in [-0.05, 0) is 56.0 Å². The number of hydrogen-bond donors (Lipinski definition) is 1. The Bertz CT molecular complexity index is 1670. The zero-order valence-electron chi connectivity index (χ0n) is 20.9. The fourth-order valence-corrected chi connectivity index (χ4v) is 4.88. The Morgan fingerprint density at radius 1 is 1.09 bits per heavy atom. The molecule has 3 heterocycles. The van der Waals surface area contributed by atoms with Crippen LogP contribution in [0.2, 0.25) is 0 Å². The van der Waals surface area contributed by atoms with E-state index in [0.29, 0.717) is 16.7 Å². The molecule has 35 heavy (non-hydrogen) atoms. The predicted molar refractivity (Wildman–Crippen MR) is 137 cm³/mol. The highest BCUT2D eigenvalue weighted by Gasteiger charge is 2.25. The van der Waals surface area contributed by atoms with Crippen LogP contribution < -0.4 is 10.9 Å². The van der Waals surface area contributed by atoms with Crippen LogP contribution in [0.1, 0.15) is 48.0 Å². The molecule has 7 nitrogen and oxygen atoms in total. The van der Waals surface area contributed by atoms with Crippen LogP contribution in [0.15, 0.2) is 50.2 Å². The van der Waals surface area contributed by atoms with Gasteiger partial charge < -0.3 is 18.7 Å². The van der Waals surface area contributed by atoms with Crippen molar-refractivity contribution in [1.29, 1.82) is 0 Å². The maximum atomic E-state index is 13.2. The van der Waals surface area contributed by atoms with Crippen molar-refractivity contribution in [3.8, 4) is 0 Å². The SMILES string of the molecule is Cc1coc2c(C)c3oc(=O)c(CC(=O)NC(c4nc5ccccc5n4C)C(C)C)c(C)c3cc12. The van der Waals surface area contributed by atoms with E-state index in [0.717, 1.165) is 44.3 Å². The number of nitrogens with zero attached hydrogens (tertiary/aromatic N) is 2. The van der Waals surface area contributed by atoms with Gasteiger partial charge in [-0.2, -0.15) is 0 Å². The van der Waals surface area contributed by atoms with Crippen LogP contribution in [-0.2, 0) is 18.3 Å². The van der Waals surface area contributed by atoms with Crippen molar-refractivity contribution in [2.24, 2.45) is 13.0 Å². The maximum absolute atomic E-state index is 13.2. The van der Waals surface area contributed by atoms with Crippen molar-refractivity contribution in [2.45, 2.75) is 47.1 Å². The number of para-hydroxylation sites is 2. The number of aryl methyl sites for hydroxylation is 4. The number of hydrogen-bond acceptors (Lipinski definition) is 5. The molecular weight excluding hydrogens is 442 g/mol. The molecular formula is C28H29N3O4. The molecule has 180 valence electrons. The van der Waals surface area contributed by atoms with Crippen LogP contribution >= 0.6 is 0 Å². The first-order valence-electron chi connectivity index (χ1n) is 11.8. The van der Waals surface area contributed by atoms with Gasteiger partial charge >= 0.3 is 5.63 Å². The van der Waals surface area contributed by atoms with Gasteiger partial charge in [0.15, 0.2) is 0 Å². The van der Waals surface area contributed by atoms with Crippen molar-refractivity contribution in [3.63, 3.8) is 0 Å². The van der Waals surface area contributed by atoms with Gasteiger partial charge in [-0.3, -0.25) is 4.79 Å². The summed E-state index contributed by atoms with van der Waals surface area (Å²) >= 11 is 0. The summed E-state index contributed by atoms with van der Waals surface area (Å²) < 4.78 is 13.4. The molecule has 1 unspecified atom stereocenters. The highest BCUT2D eigenvalue weighted by atomic mass is 16.4. The molecule has 0 radical (unpaired) electrons. The first-order chi connectivity index (χ1) is 16.7. The predicted octanol–water partition coefficient (Wildman–Crippen LogP) is 5.41. The number of furan rings is 1. The summed E-state index contributed by atoms with van der Waals surface area (Å²) in [5.41, 5.74) is 5.50. The van der Waals surface area contributed by atoms with E-state index in [9.17, 15) is 9.59 Å². The molecule has 0 saturated carbocycles. The molecule has 1 atom stereocenters. The Labute approximate surface area is 202 Å². The number of carbonyl (C=O) groups is 1. The van der Waals surface area contributed by atoms with Gasteiger partial charge in [0.25, 0.3) is 0 Å². The van der Waals surface area contributed by atoms with Gasteiger partial charge in [0, 0.05) is 23.4 Å². The molecule has 7 heteroatoms. The highest BCUT2D eigenvalue weighted by molar-refractivity contribution is 6.00. The average molecular weight is 472 g/mol. The minimum absolute atomic E-state index is 0.0707. The van der Waals surface area contributed by atoms with Crippen LogP contribution in [0.25, 0.3) is 33.0 Å². The van der Waals surface area contributed by atoms with Crippen LogP contribution in [0.3, 0.4) is 0 Å². The van der Waals surface area contributed by atoms with Crippen molar-refractivity contribution in [3.05, 3.63) is 75.1 Å². The smallest absolute Gasteiger partial charge is 0.340 e. The van der Waals surface area contributed by atoms with Gasteiger partial charge in [0.2, 0.25) is 5.91 Å². The van der Waals surface area contributed by atoms with Crippen LogP contribution in [0.4, 0.5) is 0 Å². The number of amides is 1. The second-order valence-electron chi connectivity index (χ2n) is 9.65. The molecule has 5 rings (SSSR count). The second-order valence-corrected chi connectivity index (χ2v) is 9.65. The van der Waals surface area contributed by atoms with E-state index in [-0.39, 0.29) is 24.3 Å². The average Bonchev–Trinajstić information content (AvgIpc) is 3.36. The van der Waals surface area contributed by atoms with E-state index < -0.39 is 5.63 Å². The van der Waals surface area contributed by atoms with Crippen molar-refractivity contribution < 1.29 is 13.6 Å². The third-order valence-electron chi connectivity index (χ3n) is 6.96. The van der Waals surface area contributed by atoms with Crippen LogP contribution in [-0.4, -0.2) is 15.5 Å². The lowest BCUT2D eigenvalue weighted by Crippen LogP contribution is -2.35. The lowest BCUT2D eigenvalue weighted by atomic mass is 9.98. The Morgan fingerprint density at radius 2 is 1.83 bits per heavy atom. The zero-order valence-corrected chi connectivity index (χ0v) is 20.9. The highest BCUT2D eigenvalue weighted by Crippen LogP contribution is 2.33. The maximum Gasteiger partial charge on any atom is 0.340 e. The molecule has 0 spiro atoms. The molecule has 0 fully saturated rings. The third kappa shape index (κ3) is 3.71. The van der Waals surface area contributed by atoms with Crippen molar-refractivity contribution in [2.75, 3.05) is 0 Å². The van der Waals surface area contributed by atoms with Gasteiger partial charge in [0.05, 0.1) is 35.3 Å². The van der Waals surface area contributed by atoms with Gasteiger partial charge in [-0.1, -0.05) is 26.0 Å². The summed E-state index contributed by atoms with van der Waals surface area (Å²) in [5.74, 6) is 0.636. The number of rotatable bonds is 5. The number of fused-ring (bicyclic) bond motifs is 3. The fraction of sp³-hybridized carbons (Fsp3) is 0.321. The largest absolute Gasteiger partial charge is 0.464 e. The number of carbonyl (C=O) groups excluding carboxylic acids is 1. The topological polar surface area (TPSA) is 90.3 Å². The molecule has 0 aliphatic rings. The van der Waals surface area contributed by atoms with E-state index in [1.54, 1.807) is 6.26 Å². The number of nitrogens with one attached hydrogen (secondary N) is 1. The molecule has 0 aliphatic heterocycles. The summed E-state index contributed by atoms with van der Waals surface area (Å²) in [6.45, 7) is 9.82. The summed E-state index contributed by atoms with van der Waals surface area (Å²) in [5, 5.41) is 4.91. The first kappa shape index (κ1) is 22.9. The molecule has 1 N–H and O–H groups in total. The fourth-order valence-electron chi connectivity index (χ4n) is 4.88. The number of benzene rings is 2. The van der Waals surface area contributed by atoms with E-state index in [1.807, 2.05) is 76.6 Å². The van der Waals surface area contributed by atoms with Crippen molar-refractivity contribution >= 4 is 38.9 Å². The molecule has 1 amide bonds. The van der Waals surface area contributed by atoms with Crippen LogP contribution in [0, 0.1) is 26.7 Å². The molecule has 0 saturated heterocycles. The molecule has 5 aromatic rings. The normalized spacial score (nSPS) is 12.8. The molecule has 0 bridgehead atoms. The van der Waals surface area contributed by atoms with Crippen molar-refractivity contribution in [1.82, 2.24) is 14.9 Å². The Hall–Kier alpha value is -3.87. The quantitative estimate of drug-likeness (QED) is 0.346. The van der Waals surface area contributed by atoms with Gasteiger partial charge in [0.1, 0.15) is 17.0 Å². The minimum atomic E-state index is -0.500. The zero-order chi connectivity index (χ0) is 25.0. The Balaban J connectivity index is 1.50. The van der Waals surface area contributed by atoms with Gasteiger partial charge in [-0.15, -0.1) is 0 Å². The number of aromatic nitrogens is 2. The second kappa shape index (κ2) is 8.41. The van der Waals surface area contributed by atoms with Gasteiger partial charge in [-0.25, -0.2) is 9.78 Å². The monoisotopic (exact) mass is 471 g/mol. The number of imidazole rings is 1. The summed E-state index contributed by atoms with van der Waals surface area (Å²) in [6.07, 6.45) is 1.63. The van der Waals surface area contributed by atoms with E-state index in [2.05, 4.69) is 5.32 Å². The lowest BCUT2D eigenvalue weighted by molar-refractivity contribution is -0.121. The minimum Gasteiger partial charge on any atom is -0.464 e. The lowest BCUT2D eigenvalue weighted by Gasteiger charge is -2.22. The Kier molecular flexibility index (Phi) is 5.50. The summed E-state index contributed by atoms with van der Waals surface area (Å²) in [7, 11) is 1.95. The Morgan fingerprint density at radius 3 is 2.54 bits per heavy atom. The summed E-state index contributed by atoms with van der Waals surface area (Å²) in [6, 6.07) is 9.57. The summed E-state index contributed by atoms with van der Waals surface area (Å²) in [4.78, 5) is 30.9. The van der Waals surface area contributed by atoms with E-state index in [4.69, 9.17) is 13.8 Å². The molecule has 0 aliphatic carbocycles. The van der Waals surface area contributed by atoms with Crippen LogP contribution in [0.5, 0.6) is 0 Å². The molecule has 2 aromatic carbocycles. The first-order valence-corrected chi connectivity index (χ1v) is 11.8. The van der Waals surface area contributed by atoms with E-state index >= 15 is 0 Å².